The number of aromatic nitrogens is 1. The van der Waals surface area contributed by atoms with E-state index in [2.05, 4.69) is 4.98 Å². The first kappa shape index (κ1) is 17.2. The molecule has 1 fully saturated rings. The number of fused-ring (bicyclic) bond motifs is 1. The minimum atomic E-state index is -0.746. The number of carbonyl (C=O) groups excluding carboxylic acids is 1. The Morgan fingerprint density at radius 2 is 1.81 bits per heavy atom. The van der Waals surface area contributed by atoms with E-state index in [1.54, 1.807) is 18.5 Å². The van der Waals surface area contributed by atoms with Crippen LogP contribution in [0, 0.1) is 13.8 Å². The highest BCUT2D eigenvalue weighted by molar-refractivity contribution is 7.99. The highest BCUT2D eigenvalue weighted by Gasteiger charge is 2.45. The zero-order valence-corrected chi connectivity index (χ0v) is 15.7. The third-order valence-corrected chi connectivity index (χ3v) is 6.03. The molecule has 0 saturated carbocycles. The van der Waals surface area contributed by atoms with Gasteiger partial charge in [0.15, 0.2) is 17.3 Å². The van der Waals surface area contributed by atoms with Crippen molar-refractivity contribution >= 4 is 17.5 Å². The van der Waals surface area contributed by atoms with Crippen molar-refractivity contribution in [2.75, 3.05) is 11.5 Å². The molecule has 26 heavy (non-hydrogen) atoms. The van der Waals surface area contributed by atoms with Gasteiger partial charge in [0.05, 0.1) is 5.56 Å². The second-order valence-electron chi connectivity index (χ2n) is 6.87. The first-order valence-corrected chi connectivity index (χ1v) is 9.89. The van der Waals surface area contributed by atoms with Crippen molar-refractivity contribution in [3.63, 3.8) is 0 Å². The summed E-state index contributed by atoms with van der Waals surface area (Å²) in [6.45, 7) is 3.91. The summed E-state index contributed by atoms with van der Waals surface area (Å²) in [4.78, 5) is 17.2. The molecule has 6 heteroatoms. The Morgan fingerprint density at radius 1 is 1.15 bits per heavy atom. The van der Waals surface area contributed by atoms with Gasteiger partial charge in [0.2, 0.25) is 5.75 Å². The highest BCUT2D eigenvalue weighted by Crippen LogP contribution is 2.51. The Morgan fingerprint density at radius 3 is 2.50 bits per heavy atom. The van der Waals surface area contributed by atoms with E-state index < -0.39 is 5.79 Å². The van der Waals surface area contributed by atoms with Crippen LogP contribution < -0.4 is 9.47 Å². The number of phenols is 1. The van der Waals surface area contributed by atoms with E-state index in [0.717, 1.165) is 41.0 Å². The van der Waals surface area contributed by atoms with Crippen LogP contribution in [0.5, 0.6) is 17.2 Å². The Labute approximate surface area is 156 Å². The number of aryl methyl sites for hydroxylation is 2. The summed E-state index contributed by atoms with van der Waals surface area (Å²) in [5, 5.41) is 10.2. The van der Waals surface area contributed by atoms with Gasteiger partial charge in [0, 0.05) is 43.2 Å². The smallest absolute Gasteiger partial charge is 0.253 e. The van der Waals surface area contributed by atoms with E-state index in [1.807, 2.05) is 25.6 Å². The van der Waals surface area contributed by atoms with Crippen LogP contribution >= 0.6 is 11.8 Å². The molecule has 0 unspecified atom stereocenters. The first-order chi connectivity index (χ1) is 12.5. The lowest BCUT2D eigenvalue weighted by Gasteiger charge is -2.31. The molecule has 136 valence electrons. The molecule has 5 nitrogen and oxygen atoms in total. The summed E-state index contributed by atoms with van der Waals surface area (Å²) in [7, 11) is 0. The monoisotopic (exact) mass is 371 g/mol. The molecular formula is C20H21NO4S. The zero-order valence-electron chi connectivity index (χ0n) is 14.9. The van der Waals surface area contributed by atoms with Crippen LogP contribution in [0.15, 0.2) is 24.5 Å². The maximum atomic E-state index is 13.0. The average Bonchev–Trinajstić information content (AvgIpc) is 2.98. The second kappa shape index (κ2) is 6.50. The number of phenolic OH excluding ortho intramolecular Hbond substituents is 1. The number of benzene rings is 1. The van der Waals surface area contributed by atoms with E-state index in [9.17, 15) is 9.90 Å². The van der Waals surface area contributed by atoms with Crippen LogP contribution in [-0.4, -0.2) is 33.2 Å². The standard InChI is InChI=1S/C20H21NO4S/c1-12-10-21-11-13(2)15(12)9-17(23)14-3-4-16(22)19-18(14)24-20(25-19)5-7-26-8-6-20/h3-4,10-11,22H,5-9H2,1-2H3. The molecule has 1 aromatic heterocycles. The van der Waals surface area contributed by atoms with E-state index >= 15 is 0 Å². The Balaban J connectivity index is 1.67. The van der Waals surface area contributed by atoms with E-state index in [-0.39, 0.29) is 18.0 Å². The van der Waals surface area contributed by atoms with Gasteiger partial charge >= 0.3 is 0 Å². The fraction of sp³-hybridized carbons (Fsp3) is 0.400. The summed E-state index contributed by atoms with van der Waals surface area (Å²) in [5.74, 6) is 1.77. The minimum Gasteiger partial charge on any atom is -0.504 e. The molecule has 1 N–H and O–H groups in total. The summed E-state index contributed by atoms with van der Waals surface area (Å²) < 4.78 is 12.1. The normalized spacial score (nSPS) is 17.5. The lowest BCUT2D eigenvalue weighted by molar-refractivity contribution is -0.0852. The fourth-order valence-electron chi connectivity index (χ4n) is 3.51. The quantitative estimate of drug-likeness (QED) is 0.827. The maximum Gasteiger partial charge on any atom is 0.253 e. The molecule has 0 amide bonds. The van der Waals surface area contributed by atoms with E-state index in [1.165, 1.54) is 6.07 Å². The summed E-state index contributed by atoms with van der Waals surface area (Å²) in [6, 6.07) is 3.14. The molecule has 1 aromatic carbocycles. The minimum absolute atomic E-state index is 0.0166. The topological polar surface area (TPSA) is 68.7 Å². The third kappa shape index (κ3) is 2.92. The van der Waals surface area contributed by atoms with Crippen LogP contribution in [-0.2, 0) is 6.42 Å². The molecule has 4 rings (SSSR count). The van der Waals surface area contributed by atoms with Crippen LogP contribution in [0.25, 0.3) is 0 Å². The van der Waals surface area contributed by atoms with Crippen LogP contribution in [0.3, 0.4) is 0 Å². The third-order valence-electron chi connectivity index (χ3n) is 5.05. The van der Waals surface area contributed by atoms with Crippen molar-refractivity contribution in [2.45, 2.75) is 38.9 Å². The Bertz CT molecular complexity index is 854. The number of rotatable bonds is 3. The molecule has 3 heterocycles. The van der Waals surface area contributed by atoms with Gasteiger partial charge in [0.25, 0.3) is 5.79 Å². The van der Waals surface area contributed by atoms with Gasteiger partial charge in [-0.15, -0.1) is 0 Å². The molecule has 2 aliphatic rings. The van der Waals surface area contributed by atoms with Gasteiger partial charge in [-0.3, -0.25) is 9.78 Å². The van der Waals surface area contributed by atoms with Gasteiger partial charge in [-0.1, -0.05) is 0 Å². The molecule has 1 saturated heterocycles. The SMILES string of the molecule is Cc1cncc(C)c1CC(=O)c1ccc(O)c2c1OC1(CCSCC1)O2. The summed E-state index contributed by atoms with van der Waals surface area (Å²) in [5.41, 5.74) is 3.43. The van der Waals surface area contributed by atoms with Gasteiger partial charge in [0.1, 0.15) is 0 Å². The average molecular weight is 371 g/mol. The van der Waals surface area contributed by atoms with Crippen molar-refractivity contribution in [3.05, 3.63) is 46.8 Å². The molecule has 0 atom stereocenters. The maximum absolute atomic E-state index is 13.0. The molecule has 2 aromatic rings. The van der Waals surface area contributed by atoms with Crippen molar-refractivity contribution in [1.82, 2.24) is 4.98 Å². The van der Waals surface area contributed by atoms with Crippen LogP contribution in [0.4, 0.5) is 0 Å². The van der Waals surface area contributed by atoms with E-state index in [0.29, 0.717) is 17.1 Å². The number of hydrogen-bond donors (Lipinski definition) is 1. The van der Waals surface area contributed by atoms with Gasteiger partial charge in [-0.05, 0) is 42.7 Å². The predicted octanol–water partition coefficient (Wildman–Crippen LogP) is 3.82. The number of thioether (sulfide) groups is 1. The summed E-state index contributed by atoms with van der Waals surface area (Å²) in [6.07, 6.45) is 5.28. The number of pyridine rings is 1. The number of Topliss-reactive ketones (excluding diaryl/α,β-unsaturated/α-hetero) is 1. The molecular weight excluding hydrogens is 350 g/mol. The number of ether oxygens (including phenoxy) is 2. The number of ketones is 1. The van der Waals surface area contributed by atoms with Crippen molar-refractivity contribution in [2.24, 2.45) is 0 Å². The van der Waals surface area contributed by atoms with Crippen LogP contribution in [0.2, 0.25) is 0 Å². The van der Waals surface area contributed by atoms with Crippen molar-refractivity contribution in [1.29, 1.82) is 0 Å². The molecule has 0 aliphatic carbocycles. The van der Waals surface area contributed by atoms with Gasteiger partial charge in [-0.25, -0.2) is 0 Å². The lowest BCUT2D eigenvalue weighted by Crippen LogP contribution is -2.42. The van der Waals surface area contributed by atoms with E-state index in [4.69, 9.17) is 9.47 Å². The predicted molar refractivity (Wildman–Crippen MR) is 100 cm³/mol. The lowest BCUT2D eigenvalue weighted by atomic mass is 9.97. The van der Waals surface area contributed by atoms with Crippen LogP contribution in [0.1, 0.15) is 39.9 Å². The molecule has 0 bridgehead atoms. The molecule has 2 aliphatic heterocycles. The molecule has 1 spiro atoms. The summed E-state index contributed by atoms with van der Waals surface area (Å²) >= 11 is 1.86. The molecule has 0 radical (unpaired) electrons. The Hall–Kier alpha value is -2.21. The zero-order chi connectivity index (χ0) is 18.3. The van der Waals surface area contributed by atoms with Crippen molar-refractivity contribution < 1.29 is 19.4 Å². The first-order valence-electron chi connectivity index (χ1n) is 8.74. The fourth-order valence-corrected chi connectivity index (χ4v) is 4.63. The largest absolute Gasteiger partial charge is 0.504 e. The number of nitrogens with zero attached hydrogens (tertiary/aromatic N) is 1. The number of carbonyl (C=O) groups is 1. The number of hydrogen-bond acceptors (Lipinski definition) is 6. The Kier molecular flexibility index (Phi) is 4.31. The number of aromatic hydroxyl groups is 1. The van der Waals surface area contributed by atoms with Crippen molar-refractivity contribution in [3.8, 4) is 17.2 Å². The highest BCUT2D eigenvalue weighted by atomic mass is 32.2. The van der Waals surface area contributed by atoms with Gasteiger partial charge in [-0.2, -0.15) is 11.8 Å². The van der Waals surface area contributed by atoms with Gasteiger partial charge < -0.3 is 14.6 Å². The second-order valence-corrected chi connectivity index (χ2v) is 8.09.